The third-order valence-electron chi connectivity index (χ3n) is 6.27. The number of amides is 1. The Labute approximate surface area is 192 Å². The molecule has 0 saturated carbocycles. The van der Waals surface area contributed by atoms with E-state index in [4.69, 9.17) is 4.42 Å². The minimum absolute atomic E-state index is 0.0251. The molecule has 1 N–H and O–H groups in total. The van der Waals surface area contributed by atoms with Crippen LogP contribution in [-0.2, 0) is 4.79 Å². The lowest BCUT2D eigenvalue weighted by atomic mass is 9.97. The molecule has 0 radical (unpaired) electrons. The Balaban J connectivity index is 1.21. The second kappa shape index (κ2) is 9.53. The van der Waals surface area contributed by atoms with Crippen LogP contribution >= 0.6 is 0 Å². The van der Waals surface area contributed by atoms with E-state index in [2.05, 4.69) is 47.2 Å². The van der Waals surface area contributed by atoms with E-state index in [-0.39, 0.29) is 11.8 Å². The summed E-state index contributed by atoms with van der Waals surface area (Å²) in [5, 5.41) is 11.6. The van der Waals surface area contributed by atoms with Gasteiger partial charge < -0.3 is 24.4 Å². The molecule has 2 fully saturated rings. The minimum Gasteiger partial charge on any atom is -0.463 e. The predicted molar refractivity (Wildman–Crippen MR) is 125 cm³/mol. The molecule has 1 amide bonds. The van der Waals surface area contributed by atoms with Crippen LogP contribution in [0.15, 0.2) is 47.3 Å². The molecule has 2 saturated heterocycles. The highest BCUT2D eigenvalue weighted by molar-refractivity contribution is 5.92. The van der Waals surface area contributed by atoms with Gasteiger partial charge in [0.15, 0.2) is 11.6 Å². The van der Waals surface area contributed by atoms with Gasteiger partial charge in [0.25, 0.3) is 0 Å². The number of furan rings is 1. The van der Waals surface area contributed by atoms with E-state index in [9.17, 15) is 4.79 Å². The molecule has 0 aromatic carbocycles. The SMILES string of the molecule is CN1CCN(c2cc(NC(=O)C3CCCN(c4ccc(-c5ccco5)nn4)C3)ncn2)CC1. The van der Waals surface area contributed by atoms with Crippen LogP contribution < -0.4 is 15.1 Å². The van der Waals surface area contributed by atoms with E-state index < -0.39 is 0 Å². The minimum atomic E-state index is -0.146. The van der Waals surface area contributed by atoms with Crippen molar-refractivity contribution in [1.29, 1.82) is 0 Å². The van der Waals surface area contributed by atoms with Crippen LogP contribution in [0.4, 0.5) is 17.5 Å². The Morgan fingerprint density at radius 2 is 1.91 bits per heavy atom. The first kappa shape index (κ1) is 21.3. The number of hydrogen-bond acceptors (Lipinski definition) is 9. The van der Waals surface area contributed by atoms with Gasteiger partial charge in [-0.25, -0.2) is 9.97 Å². The molecule has 0 spiro atoms. The van der Waals surface area contributed by atoms with Gasteiger partial charge in [0.05, 0.1) is 12.2 Å². The molecule has 10 nitrogen and oxygen atoms in total. The van der Waals surface area contributed by atoms with Crippen LogP contribution in [0.25, 0.3) is 11.5 Å². The van der Waals surface area contributed by atoms with Crippen molar-refractivity contribution in [2.75, 3.05) is 61.4 Å². The molecule has 2 aliphatic heterocycles. The van der Waals surface area contributed by atoms with Gasteiger partial charge in [0, 0.05) is 45.3 Å². The van der Waals surface area contributed by atoms with Gasteiger partial charge in [-0.1, -0.05) is 0 Å². The van der Waals surface area contributed by atoms with Crippen LogP contribution in [0.2, 0.25) is 0 Å². The van der Waals surface area contributed by atoms with E-state index in [1.165, 1.54) is 6.33 Å². The van der Waals surface area contributed by atoms with Crippen molar-refractivity contribution in [1.82, 2.24) is 25.1 Å². The van der Waals surface area contributed by atoms with Crippen molar-refractivity contribution >= 4 is 23.4 Å². The van der Waals surface area contributed by atoms with Gasteiger partial charge in [-0.15, -0.1) is 10.2 Å². The maximum atomic E-state index is 13.0. The average Bonchev–Trinajstić information content (AvgIpc) is 3.40. The lowest BCUT2D eigenvalue weighted by Gasteiger charge is -2.33. The fourth-order valence-corrected chi connectivity index (χ4v) is 4.30. The van der Waals surface area contributed by atoms with E-state index in [1.54, 1.807) is 6.26 Å². The lowest BCUT2D eigenvalue weighted by Crippen LogP contribution is -2.44. The lowest BCUT2D eigenvalue weighted by molar-refractivity contribution is -0.120. The normalized spacial score (nSPS) is 19.5. The molecular weight excluding hydrogens is 420 g/mol. The highest BCUT2D eigenvalue weighted by atomic mass is 16.3. The zero-order chi connectivity index (χ0) is 22.6. The summed E-state index contributed by atoms with van der Waals surface area (Å²) in [6.45, 7) is 5.26. The monoisotopic (exact) mass is 448 g/mol. The Morgan fingerprint density at radius 3 is 2.67 bits per heavy atom. The van der Waals surface area contributed by atoms with Crippen LogP contribution in [-0.4, -0.2) is 77.3 Å². The molecule has 10 heteroatoms. The van der Waals surface area contributed by atoms with Crippen molar-refractivity contribution in [3.8, 4) is 11.5 Å². The van der Waals surface area contributed by atoms with Crippen molar-refractivity contribution in [3.63, 3.8) is 0 Å². The van der Waals surface area contributed by atoms with Gasteiger partial charge >= 0.3 is 0 Å². The number of rotatable bonds is 5. The molecule has 1 unspecified atom stereocenters. The maximum absolute atomic E-state index is 13.0. The molecule has 0 bridgehead atoms. The molecule has 3 aromatic rings. The molecule has 33 heavy (non-hydrogen) atoms. The second-order valence-corrected chi connectivity index (χ2v) is 8.58. The number of likely N-dealkylation sites (N-methyl/N-ethyl adjacent to an activating group) is 1. The standard InChI is InChI=1S/C23H28N8O2/c1-29-9-11-30(12-10-29)22-14-20(24-16-25-22)26-23(32)17-4-2-8-31(15-17)21-7-6-18(27-28-21)19-5-3-13-33-19/h3,5-7,13-14,16-17H,2,4,8-12,15H2,1H3,(H,24,25,26,32). The van der Waals surface area contributed by atoms with Crippen molar-refractivity contribution in [2.24, 2.45) is 5.92 Å². The summed E-state index contributed by atoms with van der Waals surface area (Å²) >= 11 is 0. The first-order chi connectivity index (χ1) is 16.2. The van der Waals surface area contributed by atoms with Crippen LogP contribution in [0, 0.1) is 5.92 Å². The zero-order valence-corrected chi connectivity index (χ0v) is 18.7. The Kier molecular flexibility index (Phi) is 6.16. The summed E-state index contributed by atoms with van der Waals surface area (Å²) in [5.41, 5.74) is 0.690. The molecule has 1 atom stereocenters. The Bertz CT molecular complexity index is 1060. The maximum Gasteiger partial charge on any atom is 0.230 e. The molecular formula is C23H28N8O2. The number of carbonyl (C=O) groups excluding carboxylic acids is 1. The number of nitrogens with zero attached hydrogens (tertiary/aromatic N) is 7. The molecule has 3 aromatic heterocycles. The number of aromatic nitrogens is 4. The van der Waals surface area contributed by atoms with E-state index in [0.717, 1.165) is 57.2 Å². The summed E-state index contributed by atoms with van der Waals surface area (Å²) in [6, 6.07) is 9.36. The van der Waals surface area contributed by atoms with Crippen LogP contribution in [0.1, 0.15) is 12.8 Å². The number of anilines is 3. The molecule has 172 valence electrons. The topological polar surface area (TPSA) is 104 Å². The largest absolute Gasteiger partial charge is 0.463 e. The molecule has 5 heterocycles. The van der Waals surface area contributed by atoms with Gasteiger partial charge in [-0.3, -0.25) is 4.79 Å². The summed E-state index contributed by atoms with van der Waals surface area (Å²) in [6.07, 6.45) is 4.88. The second-order valence-electron chi connectivity index (χ2n) is 8.58. The number of nitrogens with one attached hydrogen (secondary N) is 1. The number of carbonyl (C=O) groups is 1. The smallest absolute Gasteiger partial charge is 0.230 e. The fourth-order valence-electron chi connectivity index (χ4n) is 4.30. The van der Waals surface area contributed by atoms with Crippen molar-refractivity contribution in [3.05, 3.63) is 42.9 Å². The van der Waals surface area contributed by atoms with Gasteiger partial charge in [0.1, 0.15) is 23.7 Å². The first-order valence-corrected chi connectivity index (χ1v) is 11.3. The van der Waals surface area contributed by atoms with Crippen LogP contribution in [0.3, 0.4) is 0 Å². The van der Waals surface area contributed by atoms with Gasteiger partial charge in [-0.05, 0) is 44.2 Å². The van der Waals surface area contributed by atoms with Gasteiger partial charge in [-0.2, -0.15) is 0 Å². The van der Waals surface area contributed by atoms with Crippen molar-refractivity contribution < 1.29 is 9.21 Å². The number of hydrogen-bond donors (Lipinski definition) is 1. The van der Waals surface area contributed by atoms with E-state index >= 15 is 0 Å². The van der Waals surface area contributed by atoms with E-state index in [1.807, 2.05) is 30.3 Å². The highest BCUT2D eigenvalue weighted by Gasteiger charge is 2.27. The first-order valence-electron chi connectivity index (χ1n) is 11.3. The van der Waals surface area contributed by atoms with Crippen molar-refractivity contribution in [2.45, 2.75) is 12.8 Å². The molecule has 5 rings (SSSR count). The quantitative estimate of drug-likeness (QED) is 0.629. The van der Waals surface area contributed by atoms with E-state index in [0.29, 0.717) is 23.8 Å². The Morgan fingerprint density at radius 1 is 1.03 bits per heavy atom. The number of piperidine rings is 1. The molecule has 0 aliphatic carbocycles. The fraction of sp³-hybridized carbons (Fsp3) is 0.435. The predicted octanol–water partition coefficient (Wildman–Crippen LogP) is 2.13. The number of piperazine rings is 1. The summed E-state index contributed by atoms with van der Waals surface area (Å²) in [7, 11) is 2.12. The third kappa shape index (κ3) is 4.95. The molecule has 2 aliphatic rings. The summed E-state index contributed by atoms with van der Waals surface area (Å²) in [4.78, 5) is 28.3. The summed E-state index contributed by atoms with van der Waals surface area (Å²) in [5.74, 6) is 2.68. The zero-order valence-electron chi connectivity index (χ0n) is 18.7. The average molecular weight is 449 g/mol. The summed E-state index contributed by atoms with van der Waals surface area (Å²) < 4.78 is 5.38. The highest BCUT2D eigenvalue weighted by Crippen LogP contribution is 2.25. The third-order valence-corrected chi connectivity index (χ3v) is 6.27. The Hall–Kier alpha value is -3.53. The van der Waals surface area contributed by atoms with Gasteiger partial charge in [0.2, 0.25) is 5.91 Å². The van der Waals surface area contributed by atoms with Crippen LogP contribution in [0.5, 0.6) is 0 Å².